The molecular weight excluding hydrogens is 268 g/mol. The van der Waals surface area contributed by atoms with Crippen molar-refractivity contribution in [2.45, 2.75) is 19.4 Å². The molecule has 0 fully saturated rings. The number of hydrogen-bond acceptors (Lipinski definition) is 3. The Bertz CT molecular complexity index is 727. The maximum atomic E-state index is 12.6. The van der Waals surface area contributed by atoms with Crippen molar-refractivity contribution in [2.24, 2.45) is 0 Å². The molecule has 1 aromatic heterocycles. The molecule has 2 aromatic rings. The molecule has 0 saturated heterocycles. The van der Waals surface area contributed by atoms with Gasteiger partial charge in [-0.05, 0) is 30.7 Å². The number of aryl methyl sites for hydroxylation is 1. The highest BCUT2D eigenvalue weighted by atomic mass is 16.4. The summed E-state index contributed by atoms with van der Waals surface area (Å²) in [5, 5.41) is 9.15. The van der Waals surface area contributed by atoms with Crippen molar-refractivity contribution < 1.29 is 14.7 Å². The molecule has 21 heavy (non-hydrogen) atoms. The zero-order valence-electron chi connectivity index (χ0n) is 11.5. The maximum Gasteiger partial charge on any atom is 0.305 e. The standard InChI is InChI=1S/C16H14N2O3/c1-10-5-2-3-7-12(10)18-13(9-14(19)20)15-11(16(18)21)6-4-8-17-15/h2-8,13H,9H2,1H3,(H,19,20). The number of pyridine rings is 1. The van der Waals surface area contributed by atoms with Crippen LogP contribution in [-0.2, 0) is 4.79 Å². The molecule has 1 N–H and O–H groups in total. The quantitative estimate of drug-likeness (QED) is 0.939. The van der Waals surface area contributed by atoms with Crippen LogP contribution >= 0.6 is 0 Å². The fraction of sp³-hybridized carbons (Fsp3) is 0.188. The second-order valence-corrected chi connectivity index (χ2v) is 5.01. The van der Waals surface area contributed by atoms with E-state index >= 15 is 0 Å². The van der Waals surface area contributed by atoms with E-state index in [-0.39, 0.29) is 12.3 Å². The highest BCUT2D eigenvalue weighted by Crippen LogP contribution is 2.39. The fourth-order valence-corrected chi connectivity index (χ4v) is 2.72. The predicted octanol–water partition coefficient (Wildman–Crippen LogP) is 2.57. The summed E-state index contributed by atoms with van der Waals surface area (Å²) in [5.74, 6) is -1.15. The Morgan fingerprint density at radius 1 is 1.29 bits per heavy atom. The molecule has 0 radical (unpaired) electrons. The predicted molar refractivity (Wildman–Crippen MR) is 77.2 cm³/mol. The first kappa shape index (κ1) is 13.3. The van der Waals surface area contributed by atoms with Crippen molar-refractivity contribution in [3.8, 4) is 0 Å². The Labute approximate surface area is 121 Å². The Hall–Kier alpha value is -2.69. The van der Waals surface area contributed by atoms with Gasteiger partial charge in [0.2, 0.25) is 0 Å². The monoisotopic (exact) mass is 282 g/mol. The Morgan fingerprint density at radius 3 is 2.76 bits per heavy atom. The van der Waals surface area contributed by atoms with Gasteiger partial charge in [-0.15, -0.1) is 0 Å². The van der Waals surface area contributed by atoms with Gasteiger partial charge in [0.05, 0.1) is 23.7 Å². The summed E-state index contributed by atoms with van der Waals surface area (Å²) in [5.41, 5.74) is 2.67. The molecule has 5 heteroatoms. The molecule has 1 aliphatic heterocycles. The summed E-state index contributed by atoms with van der Waals surface area (Å²) in [6, 6.07) is 10.3. The molecule has 1 amide bonds. The van der Waals surface area contributed by atoms with Crippen LogP contribution in [0.1, 0.15) is 34.1 Å². The number of carbonyl (C=O) groups is 2. The van der Waals surface area contributed by atoms with E-state index in [9.17, 15) is 9.59 Å². The Kier molecular flexibility index (Phi) is 3.17. The highest BCUT2D eigenvalue weighted by Gasteiger charge is 2.40. The number of nitrogens with zero attached hydrogens (tertiary/aromatic N) is 2. The van der Waals surface area contributed by atoms with Crippen molar-refractivity contribution in [1.82, 2.24) is 4.98 Å². The lowest BCUT2D eigenvalue weighted by molar-refractivity contribution is -0.137. The SMILES string of the molecule is Cc1ccccc1N1C(=O)c2cccnc2C1CC(=O)O. The summed E-state index contributed by atoms with van der Waals surface area (Å²) in [7, 11) is 0. The van der Waals surface area contributed by atoms with Gasteiger partial charge in [0.1, 0.15) is 0 Å². The number of anilines is 1. The number of hydrogen-bond donors (Lipinski definition) is 1. The summed E-state index contributed by atoms with van der Waals surface area (Å²) in [4.78, 5) is 29.6. The van der Waals surface area contributed by atoms with E-state index < -0.39 is 12.0 Å². The van der Waals surface area contributed by atoms with Crippen LogP contribution < -0.4 is 4.90 Å². The third kappa shape index (κ3) is 2.16. The van der Waals surface area contributed by atoms with Gasteiger partial charge in [0.15, 0.2) is 0 Å². The molecule has 106 valence electrons. The van der Waals surface area contributed by atoms with Gasteiger partial charge in [0, 0.05) is 11.9 Å². The third-order valence-corrected chi connectivity index (χ3v) is 3.66. The number of para-hydroxylation sites is 1. The van der Waals surface area contributed by atoms with Crippen LogP contribution in [0.3, 0.4) is 0 Å². The average Bonchev–Trinajstić information content (AvgIpc) is 2.73. The first-order chi connectivity index (χ1) is 10.1. The minimum absolute atomic E-state index is 0.163. The van der Waals surface area contributed by atoms with E-state index in [1.165, 1.54) is 0 Å². The van der Waals surface area contributed by atoms with Crippen LogP contribution in [0.5, 0.6) is 0 Å². The number of fused-ring (bicyclic) bond motifs is 1. The fourth-order valence-electron chi connectivity index (χ4n) is 2.72. The second kappa shape index (κ2) is 5.01. The summed E-state index contributed by atoms with van der Waals surface area (Å²) >= 11 is 0. The van der Waals surface area contributed by atoms with Crippen LogP contribution in [0.2, 0.25) is 0 Å². The molecule has 0 saturated carbocycles. The molecule has 1 aromatic carbocycles. The van der Waals surface area contributed by atoms with Crippen LogP contribution in [0, 0.1) is 6.92 Å². The number of benzene rings is 1. The van der Waals surface area contributed by atoms with E-state index in [1.54, 1.807) is 23.2 Å². The molecule has 1 unspecified atom stereocenters. The number of carboxylic acids is 1. The smallest absolute Gasteiger partial charge is 0.305 e. The summed E-state index contributed by atoms with van der Waals surface area (Å²) < 4.78 is 0. The van der Waals surface area contributed by atoms with Gasteiger partial charge < -0.3 is 5.11 Å². The van der Waals surface area contributed by atoms with Gasteiger partial charge in [0.25, 0.3) is 5.91 Å². The van der Waals surface area contributed by atoms with Crippen LogP contribution in [0.4, 0.5) is 5.69 Å². The normalized spacial score (nSPS) is 16.9. The largest absolute Gasteiger partial charge is 0.481 e. The lowest BCUT2D eigenvalue weighted by Gasteiger charge is -2.25. The van der Waals surface area contributed by atoms with Crippen LogP contribution in [0.25, 0.3) is 0 Å². The lowest BCUT2D eigenvalue weighted by atomic mass is 10.1. The topological polar surface area (TPSA) is 70.5 Å². The Morgan fingerprint density at radius 2 is 2.05 bits per heavy atom. The van der Waals surface area contributed by atoms with Crippen LogP contribution in [0.15, 0.2) is 42.6 Å². The zero-order chi connectivity index (χ0) is 15.0. The van der Waals surface area contributed by atoms with E-state index in [0.29, 0.717) is 11.3 Å². The molecular formula is C16H14N2O3. The van der Waals surface area contributed by atoms with Crippen molar-refractivity contribution in [1.29, 1.82) is 0 Å². The Balaban J connectivity index is 2.13. The second-order valence-electron chi connectivity index (χ2n) is 5.01. The first-order valence-electron chi connectivity index (χ1n) is 6.65. The number of carbonyl (C=O) groups excluding carboxylic acids is 1. The summed E-state index contributed by atoms with van der Waals surface area (Å²) in [6.45, 7) is 1.90. The van der Waals surface area contributed by atoms with Crippen molar-refractivity contribution in [3.63, 3.8) is 0 Å². The molecule has 3 rings (SSSR count). The molecule has 0 spiro atoms. The number of aromatic nitrogens is 1. The van der Waals surface area contributed by atoms with Crippen molar-refractivity contribution in [2.75, 3.05) is 4.90 Å². The first-order valence-corrected chi connectivity index (χ1v) is 6.65. The zero-order valence-corrected chi connectivity index (χ0v) is 11.5. The van der Waals surface area contributed by atoms with Gasteiger partial charge >= 0.3 is 5.97 Å². The molecule has 0 aliphatic carbocycles. The molecule has 1 aliphatic rings. The van der Waals surface area contributed by atoms with E-state index in [1.807, 2.05) is 31.2 Å². The maximum absolute atomic E-state index is 12.6. The summed E-state index contributed by atoms with van der Waals surface area (Å²) in [6.07, 6.45) is 1.42. The van der Waals surface area contributed by atoms with Crippen molar-refractivity contribution >= 4 is 17.6 Å². The molecule has 1 atom stereocenters. The van der Waals surface area contributed by atoms with Crippen LogP contribution in [-0.4, -0.2) is 22.0 Å². The average molecular weight is 282 g/mol. The van der Waals surface area contributed by atoms with Gasteiger partial charge in [-0.1, -0.05) is 18.2 Å². The molecule has 0 bridgehead atoms. The van der Waals surface area contributed by atoms with E-state index in [4.69, 9.17) is 5.11 Å². The van der Waals surface area contributed by atoms with E-state index in [2.05, 4.69) is 4.98 Å². The minimum atomic E-state index is -0.954. The number of amides is 1. The van der Waals surface area contributed by atoms with Gasteiger partial charge in [-0.2, -0.15) is 0 Å². The lowest BCUT2D eigenvalue weighted by Crippen LogP contribution is -2.30. The third-order valence-electron chi connectivity index (χ3n) is 3.66. The number of carboxylic acid groups (broad SMARTS) is 1. The van der Waals surface area contributed by atoms with E-state index in [0.717, 1.165) is 11.3 Å². The molecule has 5 nitrogen and oxygen atoms in total. The minimum Gasteiger partial charge on any atom is -0.481 e. The van der Waals surface area contributed by atoms with Gasteiger partial charge in [-0.3, -0.25) is 19.5 Å². The molecule has 2 heterocycles. The van der Waals surface area contributed by atoms with Crippen molar-refractivity contribution in [3.05, 3.63) is 59.4 Å². The number of rotatable bonds is 3. The van der Waals surface area contributed by atoms with Gasteiger partial charge in [-0.25, -0.2) is 0 Å². The number of aliphatic carboxylic acids is 1. The highest BCUT2D eigenvalue weighted by molar-refractivity contribution is 6.11.